The number of carbonyl (C=O) groups excluding carboxylic acids is 1. The highest BCUT2D eigenvalue weighted by Gasteiger charge is 2.47. The minimum absolute atomic E-state index is 0.128. The van der Waals surface area contributed by atoms with E-state index in [-0.39, 0.29) is 56.5 Å². The van der Waals surface area contributed by atoms with E-state index in [2.05, 4.69) is 263 Å². The SMILES string of the molecule is COc1c2cc(C(C)(C)C)cc1Cc1cc(C(C)(C)C)cc(c1OC)Cc1cc(C(C)(C)C)cc(c1OC)Cc1cc(C(C)(C)C)cc3c1OC1(C=C(C(C)(C)C)C=C(C2)C1=O)Cc1cc(C(C)(C)C)cc(c1OC)Cc1cc(C(C)(C)C)cc(c1OC)Cc1cc(C(C)(C)C)cc(c1OC)C3. The molecule has 2 aliphatic heterocycles. The molecule has 7 aromatic rings. The van der Waals surface area contributed by atoms with Crippen molar-refractivity contribution < 1.29 is 38.0 Å². The summed E-state index contributed by atoms with van der Waals surface area (Å²) in [5.41, 5.74) is 19.7. The predicted molar refractivity (Wildman–Crippen MR) is 424 cm³/mol. The van der Waals surface area contributed by atoms with Crippen molar-refractivity contribution in [3.63, 3.8) is 0 Å². The number of Topliss-reactive ketones (excluding diaryl/α,β-unsaturated/α-hetero) is 1. The summed E-state index contributed by atoms with van der Waals surface area (Å²) < 4.78 is 49.6. The Morgan fingerprint density at radius 3 is 0.686 bits per heavy atom. The summed E-state index contributed by atoms with van der Waals surface area (Å²) in [5, 5.41) is 0. The molecule has 0 N–H and O–H groups in total. The van der Waals surface area contributed by atoms with Crippen molar-refractivity contribution >= 4 is 5.78 Å². The first-order chi connectivity index (χ1) is 47.1. The fraction of sp³-hybridized carbons (Fsp3) is 0.500. The largest absolute Gasteiger partial charge is 0.496 e. The fourth-order valence-electron chi connectivity index (χ4n) is 15.4. The lowest BCUT2D eigenvalue weighted by Gasteiger charge is -2.39. The standard InChI is InChI=1S/C94H122O8/c1-86(2,3)70-38-55-31-58-41-72(88(7,8)9)45-62(80(58)98-27)35-66-49-75(91(16,17)18)50-67-36-63-46-73(89(10,11)12)42-59(81(63)99-28)32-56-39-71(87(4,5)6)44-61(79(56)97-26)34-64-47-76(92(19,20)21)52-69(83(64)101-30)53-94(102-84(66)67)54-77(93(22,23)24)51-68(85(94)95)37-65-48-74(90(13,14)15)43-60(82(65)100-29)33-57(40-70)78(55)96-25/h38-52,54H,31-37,53H2,1-30H3. The molecule has 15 bridgehead atoms. The van der Waals surface area contributed by atoms with Crippen LogP contribution in [0.15, 0.2) is 108 Å². The summed E-state index contributed by atoms with van der Waals surface area (Å²) >= 11 is 0. The Kier molecular flexibility index (Phi) is 20.7. The van der Waals surface area contributed by atoms with Gasteiger partial charge in [-0.3, -0.25) is 4.79 Å². The number of rotatable bonds is 6. The Balaban J connectivity index is 1.46. The van der Waals surface area contributed by atoms with Gasteiger partial charge in [0.25, 0.3) is 0 Å². The third kappa shape index (κ3) is 15.7. The second-order valence-electron chi connectivity index (χ2n) is 38.1. The maximum absolute atomic E-state index is 17.9. The summed E-state index contributed by atoms with van der Waals surface area (Å²) in [6, 6.07) is 32.8. The van der Waals surface area contributed by atoms with E-state index >= 15 is 4.79 Å². The lowest BCUT2D eigenvalue weighted by atomic mass is 9.72. The Morgan fingerprint density at radius 1 is 0.275 bits per heavy atom. The van der Waals surface area contributed by atoms with Crippen LogP contribution in [0.25, 0.3) is 0 Å². The van der Waals surface area contributed by atoms with Crippen molar-refractivity contribution in [2.75, 3.05) is 42.7 Å². The molecule has 102 heavy (non-hydrogen) atoms. The van der Waals surface area contributed by atoms with Crippen molar-refractivity contribution in [2.45, 2.75) is 261 Å². The zero-order chi connectivity index (χ0) is 75.3. The molecule has 1 atom stereocenters. The number of benzene rings is 7. The van der Waals surface area contributed by atoms with Crippen LogP contribution in [0.1, 0.15) is 283 Å². The zero-order valence-corrected chi connectivity index (χ0v) is 68.2. The lowest BCUT2D eigenvalue weighted by molar-refractivity contribution is -0.127. The molecule has 1 spiro atoms. The number of hydrogen-bond acceptors (Lipinski definition) is 8. The quantitative estimate of drug-likeness (QED) is 0.163. The topological polar surface area (TPSA) is 81.7 Å². The summed E-state index contributed by atoms with van der Waals surface area (Å²) in [6.45, 7) is 54.8. The van der Waals surface area contributed by atoms with E-state index in [1.165, 1.54) is 22.3 Å². The molecule has 3 aliphatic rings. The molecule has 8 heteroatoms. The summed E-state index contributed by atoms with van der Waals surface area (Å²) in [6.07, 6.45) is 7.64. The molecular formula is C94H122O8. The van der Waals surface area contributed by atoms with E-state index in [0.717, 1.165) is 129 Å². The molecule has 1 aliphatic carbocycles. The van der Waals surface area contributed by atoms with Gasteiger partial charge in [0, 0.05) is 56.9 Å². The molecule has 0 fully saturated rings. The smallest absolute Gasteiger partial charge is 0.207 e. The van der Waals surface area contributed by atoms with Crippen LogP contribution in [0.3, 0.4) is 0 Å². The van der Waals surface area contributed by atoms with Crippen LogP contribution in [-0.2, 0) is 94.1 Å². The van der Waals surface area contributed by atoms with Crippen molar-refractivity contribution in [3.05, 3.63) is 225 Å². The van der Waals surface area contributed by atoms with Crippen LogP contribution in [0, 0.1) is 5.41 Å². The van der Waals surface area contributed by atoms with Crippen LogP contribution in [0.5, 0.6) is 40.2 Å². The average Bonchev–Trinajstić information content (AvgIpc) is 0.906. The van der Waals surface area contributed by atoms with Gasteiger partial charge in [0.1, 0.15) is 40.2 Å². The highest BCUT2D eigenvalue weighted by Crippen LogP contribution is 2.50. The van der Waals surface area contributed by atoms with Gasteiger partial charge < -0.3 is 33.2 Å². The number of ketones is 1. The molecule has 546 valence electrons. The second-order valence-corrected chi connectivity index (χ2v) is 38.1. The first-order valence-corrected chi connectivity index (χ1v) is 37.2. The Labute approximate surface area is 614 Å². The van der Waals surface area contributed by atoms with Crippen LogP contribution >= 0.6 is 0 Å². The summed E-state index contributed by atoms with van der Waals surface area (Å²) in [7, 11) is 10.8. The van der Waals surface area contributed by atoms with Gasteiger partial charge in [-0.25, -0.2) is 0 Å². The molecular weight excluding hydrogens is 1260 g/mol. The fourth-order valence-corrected chi connectivity index (χ4v) is 15.4. The number of ether oxygens (including phenoxy) is 7. The van der Waals surface area contributed by atoms with Gasteiger partial charge in [0.2, 0.25) is 5.78 Å². The number of allylic oxidation sites excluding steroid dienone is 2. The molecule has 0 aromatic heterocycles. The van der Waals surface area contributed by atoms with Crippen molar-refractivity contribution in [3.8, 4) is 40.2 Å². The monoisotopic (exact) mass is 1380 g/mol. The van der Waals surface area contributed by atoms with E-state index in [1.807, 2.05) is 28.4 Å². The molecule has 10 rings (SSSR count). The normalized spacial score (nSPS) is 16.5. The third-order valence-corrected chi connectivity index (χ3v) is 21.7. The van der Waals surface area contributed by atoms with Gasteiger partial charge in [0.05, 0.1) is 42.7 Å². The number of methoxy groups -OCH3 is 6. The Morgan fingerprint density at radius 2 is 0.471 bits per heavy atom. The van der Waals surface area contributed by atoms with Crippen LogP contribution in [0.4, 0.5) is 0 Å². The van der Waals surface area contributed by atoms with Gasteiger partial charge in [0.15, 0.2) is 5.60 Å². The average molecular weight is 1380 g/mol. The van der Waals surface area contributed by atoms with Gasteiger partial charge in [-0.15, -0.1) is 0 Å². The molecule has 0 amide bonds. The highest BCUT2D eigenvalue weighted by atomic mass is 16.5. The number of carbonyl (C=O) groups is 1. The minimum atomic E-state index is -1.70. The lowest BCUT2D eigenvalue weighted by Crippen LogP contribution is -2.49. The molecule has 1 unspecified atom stereocenters. The van der Waals surface area contributed by atoms with E-state index in [1.54, 1.807) is 14.2 Å². The van der Waals surface area contributed by atoms with Gasteiger partial charge in [-0.2, -0.15) is 0 Å². The van der Waals surface area contributed by atoms with Gasteiger partial charge in [-0.05, 0) is 172 Å². The minimum Gasteiger partial charge on any atom is -0.496 e. The maximum Gasteiger partial charge on any atom is 0.207 e. The molecule has 0 radical (unpaired) electrons. The number of hydrogen-bond donors (Lipinski definition) is 0. The molecule has 0 saturated carbocycles. The molecule has 8 nitrogen and oxygen atoms in total. The Hall–Kier alpha value is -7.71. The van der Waals surface area contributed by atoms with Crippen LogP contribution in [0.2, 0.25) is 0 Å². The van der Waals surface area contributed by atoms with E-state index in [4.69, 9.17) is 33.2 Å². The highest BCUT2D eigenvalue weighted by molar-refractivity contribution is 6.06. The van der Waals surface area contributed by atoms with Gasteiger partial charge in [-0.1, -0.05) is 257 Å². The molecule has 2 heterocycles. The van der Waals surface area contributed by atoms with Crippen LogP contribution in [-0.4, -0.2) is 54.0 Å². The van der Waals surface area contributed by atoms with E-state index in [0.29, 0.717) is 55.6 Å². The third-order valence-electron chi connectivity index (χ3n) is 21.7. The Bertz CT molecular complexity index is 4460. The first-order valence-electron chi connectivity index (χ1n) is 37.2. The zero-order valence-electron chi connectivity index (χ0n) is 68.2. The summed E-state index contributed by atoms with van der Waals surface area (Å²) in [4.78, 5) is 17.9. The van der Waals surface area contributed by atoms with Crippen molar-refractivity contribution in [1.82, 2.24) is 0 Å². The molecule has 7 aromatic carbocycles. The summed E-state index contributed by atoms with van der Waals surface area (Å²) in [5.74, 6) is 5.23. The van der Waals surface area contributed by atoms with Crippen molar-refractivity contribution in [1.29, 1.82) is 0 Å². The van der Waals surface area contributed by atoms with E-state index in [9.17, 15) is 0 Å². The van der Waals surface area contributed by atoms with Crippen molar-refractivity contribution in [2.24, 2.45) is 5.41 Å². The number of fused-ring (bicyclic) bond motifs is 13. The first kappa shape index (κ1) is 76.9. The predicted octanol–water partition coefficient (Wildman–Crippen LogP) is 22.1. The molecule has 0 saturated heterocycles. The maximum atomic E-state index is 17.9. The van der Waals surface area contributed by atoms with Crippen LogP contribution < -0.4 is 33.2 Å². The van der Waals surface area contributed by atoms with Gasteiger partial charge >= 0.3 is 0 Å². The van der Waals surface area contributed by atoms with E-state index < -0.39 is 11.0 Å². The second kappa shape index (κ2) is 27.4.